The molecule has 0 amide bonds. The predicted molar refractivity (Wildman–Crippen MR) is 70.2 cm³/mol. The van der Waals surface area contributed by atoms with Gasteiger partial charge in [-0.1, -0.05) is 26.0 Å². The highest BCUT2D eigenvalue weighted by molar-refractivity contribution is 5.58. The van der Waals surface area contributed by atoms with Gasteiger partial charge in [0.1, 0.15) is 11.9 Å². The van der Waals surface area contributed by atoms with Crippen LogP contribution in [-0.4, -0.2) is 37.2 Å². The van der Waals surface area contributed by atoms with Gasteiger partial charge in [-0.25, -0.2) is 5.84 Å². The molecule has 1 unspecified atom stereocenters. The second-order valence-electron chi connectivity index (χ2n) is 4.35. The van der Waals surface area contributed by atoms with E-state index in [2.05, 4.69) is 18.7 Å². The van der Waals surface area contributed by atoms with E-state index < -0.39 is 0 Å². The standard InChI is InChI=1S/C13H21N3O/c1-3-15(4-2)9-11-10-16(14)12-7-5-6-8-13(12)17-11/h5-8,11H,3-4,9-10,14H2,1-2H3. The lowest BCUT2D eigenvalue weighted by atomic mass is 10.2. The molecule has 0 aromatic heterocycles. The van der Waals surface area contributed by atoms with Gasteiger partial charge >= 0.3 is 0 Å². The molecule has 0 fully saturated rings. The maximum Gasteiger partial charge on any atom is 0.144 e. The summed E-state index contributed by atoms with van der Waals surface area (Å²) in [4.78, 5) is 2.35. The van der Waals surface area contributed by atoms with Crippen molar-refractivity contribution < 1.29 is 4.74 Å². The minimum Gasteiger partial charge on any atom is -0.485 e. The molecule has 0 bridgehead atoms. The molecular formula is C13H21N3O. The normalized spacial score (nSPS) is 19.1. The Labute approximate surface area is 103 Å². The summed E-state index contributed by atoms with van der Waals surface area (Å²) in [6.45, 7) is 8.09. The van der Waals surface area contributed by atoms with E-state index in [4.69, 9.17) is 10.6 Å². The number of hydrogen-bond acceptors (Lipinski definition) is 4. The van der Waals surface area contributed by atoms with Crippen molar-refractivity contribution in [2.24, 2.45) is 5.84 Å². The molecule has 1 aliphatic rings. The monoisotopic (exact) mass is 235 g/mol. The molecule has 1 aromatic carbocycles. The Balaban J connectivity index is 2.06. The number of anilines is 1. The van der Waals surface area contributed by atoms with E-state index in [0.29, 0.717) is 0 Å². The number of nitrogens with two attached hydrogens (primary N) is 1. The predicted octanol–water partition coefficient (Wildman–Crippen LogP) is 1.47. The lowest BCUT2D eigenvalue weighted by Crippen LogP contribution is -2.49. The molecule has 0 saturated carbocycles. The zero-order valence-electron chi connectivity index (χ0n) is 10.6. The molecular weight excluding hydrogens is 214 g/mol. The summed E-state index contributed by atoms with van der Waals surface area (Å²) in [6, 6.07) is 7.92. The van der Waals surface area contributed by atoms with Gasteiger partial charge in [-0.2, -0.15) is 0 Å². The maximum absolute atomic E-state index is 6.03. The zero-order valence-corrected chi connectivity index (χ0v) is 10.6. The van der Waals surface area contributed by atoms with Crippen molar-refractivity contribution in [3.8, 4) is 5.75 Å². The number of likely N-dealkylation sites (N-methyl/N-ethyl adjacent to an activating group) is 1. The van der Waals surface area contributed by atoms with Crippen LogP contribution in [0, 0.1) is 0 Å². The van der Waals surface area contributed by atoms with Crippen LogP contribution in [0.5, 0.6) is 5.75 Å². The van der Waals surface area contributed by atoms with Gasteiger partial charge in [0.25, 0.3) is 0 Å². The Morgan fingerprint density at radius 3 is 2.76 bits per heavy atom. The van der Waals surface area contributed by atoms with Crippen molar-refractivity contribution in [1.82, 2.24) is 4.90 Å². The van der Waals surface area contributed by atoms with Crippen molar-refractivity contribution in [1.29, 1.82) is 0 Å². The van der Waals surface area contributed by atoms with Crippen molar-refractivity contribution >= 4 is 5.69 Å². The number of hydrogen-bond donors (Lipinski definition) is 1. The van der Waals surface area contributed by atoms with Gasteiger partial charge in [-0.3, -0.25) is 0 Å². The highest BCUT2D eigenvalue weighted by Crippen LogP contribution is 2.30. The van der Waals surface area contributed by atoms with Crippen molar-refractivity contribution in [2.75, 3.05) is 31.2 Å². The third-order valence-electron chi connectivity index (χ3n) is 3.22. The van der Waals surface area contributed by atoms with Gasteiger partial charge in [0, 0.05) is 6.54 Å². The molecule has 1 aliphatic heterocycles. The molecule has 0 radical (unpaired) electrons. The summed E-state index contributed by atoms with van der Waals surface area (Å²) in [5, 5.41) is 1.78. The van der Waals surface area contributed by atoms with Crippen LogP contribution in [0.1, 0.15) is 13.8 Å². The molecule has 2 rings (SSSR count). The molecule has 0 spiro atoms. The van der Waals surface area contributed by atoms with Crippen molar-refractivity contribution in [2.45, 2.75) is 20.0 Å². The fraction of sp³-hybridized carbons (Fsp3) is 0.538. The molecule has 4 nitrogen and oxygen atoms in total. The fourth-order valence-corrected chi connectivity index (χ4v) is 2.19. The lowest BCUT2D eigenvalue weighted by Gasteiger charge is -2.35. The Kier molecular flexibility index (Phi) is 3.86. The van der Waals surface area contributed by atoms with E-state index in [1.807, 2.05) is 24.3 Å². The van der Waals surface area contributed by atoms with Crippen molar-refractivity contribution in [3.63, 3.8) is 0 Å². The first-order chi connectivity index (χ1) is 8.24. The summed E-state index contributed by atoms with van der Waals surface area (Å²) in [7, 11) is 0. The summed E-state index contributed by atoms with van der Waals surface area (Å²) in [5.74, 6) is 6.92. The summed E-state index contributed by atoms with van der Waals surface area (Å²) in [5.41, 5.74) is 0.975. The molecule has 1 atom stereocenters. The molecule has 2 N–H and O–H groups in total. The SMILES string of the molecule is CCN(CC)CC1CN(N)c2ccccc2O1. The Hall–Kier alpha value is -1.26. The first kappa shape index (κ1) is 12.2. The smallest absolute Gasteiger partial charge is 0.144 e. The highest BCUT2D eigenvalue weighted by atomic mass is 16.5. The van der Waals surface area contributed by atoms with Crippen molar-refractivity contribution in [3.05, 3.63) is 24.3 Å². The molecule has 4 heteroatoms. The Morgan fingerprint density at radius 1 is 1.35 bits per heavy atom. The van der Waals surface area contributed by atoms with Crippen LogP contribution in [0.15, 0.2) is 24.3 Å². The molecule has 0 saturated heterocycles. The quantitative estimate of drug-likeness (QED) is 0.802. The second kappa shape index (κ2) is 5.38. The van der Waals surface area contributed by atoms with E-state index in [1.165, 1.54) is 0 Å². The minimum atomic E-state index is 0.148. The molecule has 94 valence electrons. The molecule has 17 heavy (non-hydrogen) atoms. The Bertz CT molecular complexity index is 365. The molecule has 1 aromatic rings. The first-order valence-electron chi connectivity index (χ1n) is 6.24. The van der Waals surface area contributed by atoms with Gasteiger partial charge < -0.3 is 14.6 Å². The van der Waals surface area contributed by atoms with Crippen LogP contribution in [0.4, 0.5) is 5.69 Å². The first-order valence-corrected chi connectivity index (χ1v) is 6.24. The molecule has 1 heterocycles. The third-order valence-corrected chi connectivity index (χ3v) is 3.22. The van der Waals surface area contributed by atoms with E-state index >= 15 is 0 Å². The van der Waals surface area contributed by atoms with Gasteiger partial charge in [0.15, 0.2) is 0 Å². The number of para-hydroxylation sites is 2. The van der Waals surface area contributed by atoms with Crippen LogP contribution >= 0.6 is 0 Å². The fourth-order valence-electron chi connectivity index (χ4n) is 2.19. The maximum atomic E-state index is 6.03. The van der Waals surface area contributed by atoms with E-state index in [-0.39, 0.29) is 6.10 Å². The zero-order chi connectivity index (χ0) is 12.3. The number of benzene rings is 1. The van der Waals surface area contributed by atoms with E-state index in [0.717, 1.165) is 37.6 Å². The van der Waals surface area contributed by atoms with Gasteiger partial charge in [0.2, 0.25) is 0 Å². The summed E-state index contributed by atoms with van der Waals surface area (Å²) >= 11 is 0. The van der Waals surface area contributed by atoms with E-state index in [9.17, 15) is 0 Å². The van der Waals surface area contributed by atoms with Gasteiger partial charge in [-0.05, 0) is 25.2 Å². The lowest BCUT2D eigenvalue weighted by molar-refractivity contribution is 0.134. The molecule has 0 aliphatic carbocycles. The number of fused-ring (bicyclic) bond motifs is 1. The van der Waals surface area contributed by atoms with Crippen LogP contribution < -0.4 is 15.6 Å². The van der Waals surface area contributed by atoms with E-state index in [1.54, 1.807) is 5.01 Å². The number of hydrazine groups is 1. The summed E-state index contributed by atoms with van der Waals surface area (Å²) in [6.07, 6.45) is 0.148. The number of nitrogens with zero attached hydrogens (tertiary/aromatic N) is 2. The van der Waals surface area contributed by atoms with Gasteiger partial charge in [-0.15, -0.1) is 0 Å². The average Bonchev–Trinajstić information content (AvgIpc) is 2.36. The highest BCUT2D eigenvalue weighted by Gasteiger charge is 2.24. The minimum absolute atomic E-state index is 0.148. The largest absolute Gasteiger partial charge is 0.485 e. The second-order valence-corrected chi connectivity index (χ2v) is 4.35. The third kappa shape index (κ3) is 2.70. The van der Waals surface area contributed by atoms with Crippen LogP contribution in [0.25, 0.3) is 0 Å². The average molecular weight is 235 g/mol. The number of rotatable bonds is 4. The van der Waals surface area contributed by atoms with Crippen LogP contribution in [-0.2, 0) is 0 Å². The van der Waals surface area contributed by atoms with Gasteiger partial charge in [0.05, 0.1) is 12.2 Å². The van der Waals surface area contributed by atoms with Crippen LogP contribution in [0.3, 0.4) is 0 Å². The topological polar surface area (TPSA) is 41.7 Å². The summed E-state index contributed by atoms with van der Waals surface area (Å²) < 4.78 is 5.97. The number of ether oxygens (including phenoxy) is 1. The Morgan fingerprint density at radius 2 is 2.06 bits per heavy atom. The van der Waals surface area contributed by atoms with Crippen LogP contribution in [0.2, 0.25) is 0 Å².